The SMILES string of the molecule is CCN(Cc1ccco1)c1cc(Br)cc(CN)c1. The van der Waals surface area contributed by atoms with Crippen molar-refractivity contribution in [2.45, 2.75) is 20.0 Å². The predicted octanol–water partition coefficient (Wildman–Crippen LogP) is 3.53. The summed E-state index contributed by atoms with van der Waals surface area (Å²) in [5, 5.41) is 0. The lowest BCUT2D eigenvalue weighted by atomic mass is 10.2. The van der Waals surface area contributed by atoms with Crippen LogP contribution in [0.2, 0.25) is 0 Å². The van der Waals surface area contributed by atoms with Crippen LogP contribution in [0.25, 0.3) is 0 Å². The fourth-order valence-electron chi connectivity index (χ4n) is 1.91. The first kappa shape index (κ1) is 13.2. The topological polar surface area (TPSA) is 42.4 Å². The zero-order chi connectivity index (χ0) is 13.0. The molecule has 2 aromatic rings. The zero-order valence-electron chi connectivity index (χ0n) is 10.4. The van der Waals surface area contributed by atoms with Gasteiger partial charge in [0.2, 0.25) is 0 Å². The molecule has 0 spiro atoms. The molecule has 2 rings (SSSR count). The van der Waals surface area contributed by atoms with E-state index in [1.54, 1.807) is 6.26 Å². The lowest BCUT2D eigenvalue weighted by Crippen LogP contribution is -2.22. The van der Waals surface area contributed by atoms with E-state index in [0.29, 0.717) is 6.54 Å². The Morgan fingerprint density at radius 3 is 2.78 bits per heavy atom. The molecular formula is C14H17BrN2O. The van der Waals surface area contributed by atoms with Gasteiger partial charge in [-0.3, -0.25) is 0 Å². The predicted molar refractivity (Wildman–Crippen MR) is 77.5 cm³/mol. The van der Waals surface area contributed by atoms with E-state index in [0.717, 1.165) is 34.6 Å². The van der Waals surface area contributed by atoms with Gasteiger partial charge in [-0.05, 0) is 42.8 Å². The molecule has 1 aromatic carbocycles. The fraction of sp³-hybridized carbons (Fsp3) is 0.286. The van der Waals surface area contributed by atoms with Gasteiger partial charge in [0.1, 0.15) is 5.76 Å². The summed E-state index contributed by atoms with van der Waals surface area (Å²) in [6.07, 6.45) is 1.70. The number of hydrogen-bond donors (Lipinski definition) is 1. The Balaban J connectivity index is 2.24. The lowest BCUT2D eigenvalue weighted by Gasteiger charge is -2.23. The van der Waals surface area contributed by atoms with E-state index in [1.165, 1.54) is 0 Å². The van der Waals surface area contributed by atoms with Crippen molar-refractivity contribution in [2.24, 2.45) is 5.73 Å². The summed E-state index contributed by atoms with van der Waals surface area (Å²) in [4.78, 5) is 2.25. The average molecular weight is 309 g/mol. The number of halogens is 1. The van der Waals surface area contributed by atoms with Gasteiger partial charge in [-0.15, -0.1) is 0 Å². The molecule has 0 unspecified atom stereocenters. The zero-order valence-corrected chi connectivity index (χ0v) is 12.0. The van der Waals surface area contributed by atoms with Gasteiger partial charge in [0, 0.05) is 23.2 Å². The van der Waals surface area contributed by atoms with Crippen LogP contribution in [-0.4, -0.2) is 6.54 Å². The molecule has 0 aliphatic rings. The Labute approximate surface area is 116 Å². The summed E-state index contributed by atoms with van der Waals surface area (Å²) in [7, 11) is 0. The van der Waals surface area contributed by atoms with Gasteiger partial charge in [-0.1, -0.05) is 15.9 Å². The first-order valence-corrected chi connectivity index (χ1v) is 6.79. The fourth-order valence-corrected chi connectivity index (χ4v) is 2.44. The van der Waals surface area contributed by atoms with E-state index in [4.69, 9.17) is 10.2 Å². The molecule has 1 heterocycles. The van der Waals surface area contributed by atoms with Crippen LogP contribution in [0.4, 0.5) is 5.69 Å². The van der Waals surface area contributed by atoms with E-state index in [9.17, 15) is 0 Å². The van der Waals surface area contributed by atoms with Crippen molar-refractivity contribution >= 4 is 21.6 Å². The molecule has 4 heteroatoms. The number of anilines is 1. The quantitative estimate of drug-likeness (QED) is 0.919. The molecule has 0 saturated carbocycles. The van der Waals surface area contributed by atoms with Gasteiger partial charge in [-0.2, -0.15) is 0 Å². The minimum atomic E-state index is 0.546. The molecule has 0 amide bonds. The smallest absolute Gasteiger partial charge is 0.123 e. The van der Waals surface area contributed by atoms with Crippen LogP contribution >= 0.6 is 15.9 Å². The molecule has 0 aliphatic heterocycles. The third kappa shape index (κ3) is 3.15. The molecule has 96 valence electrons. The van der Waals surface area contributed by atoms with Crippen molar-refractivity contribution in [3.05, 3.63) is 52.4 Å². The van der Waals surface area contributed by atoms with Crippen LogP contribution in [0.15, 0.2) is 45.5 Å². The highest BCUT2D eigenvalue weighted by atomic mass is 79.9. The summed E-state index contributed by atoms with van der Waals surface area (Å²) in [6, 6.07) is 10.2. The molecule has 0 radical (unpaired) electrons. The molecular weight excluding hydrogens is 292 g/mol. The molecule has 0 bridgehead atoms. The Kier molecular flexibility index (Phi) is 4.44. The van der Waals surface area contributed by atoms with E-state index >= 15 is 0 Å². The van der Waals surface area contributed by atoms with E-state index in [1.807, 2.05) is 18.2 Å². The first-order valence-electron chi connectivity index (χ1n) is 5.99. The molecule has 1 aromatic heterocycles. The third-order valence-electron chi connectivity index (χ3n) is 2.85. The van der Waals surface area contributed by atoms with Crippen LogP contribution in [0.3, 0.4) is 0 Å². The maximum Gasteiger partial charge on any atom is 0.123 e. The number of rotatable bonds is 5. The molecule has 0 aliphatic carbocycles. The second-order valence-corrected chi connectivity index (χ2v) is 5.03. The van der Waals surface area contributed by atoms with Crippen LogP contribution in [-0.2, 0) is 13.1 Å². The maximum absolute atomic E-state index is 5.71. The molecule has 3 nitrogen and oxygen atoms in total. The number of furan rings is 1. The summed E-state index contributed by atoms with van der Waals surface area (Å²) in [6.45, 7) is 4.36. The highest BCUT2D eigenvalue weighted by molar-refractivity contribution is 9.10. The minimum Gasteiger partial charge on any atom is -0.467 e. The first-order chi connectivity index (χ1) is 8.72. The molecule has 0 fully saturated rings. The van der Waals surface area contributed by atoms with Crippen molar-refractivity contribution < 1.29 is 4.42 Å². The number of benzene rings is 1. The average Bonchev–Trinajstić information content (AvgIpc) is 2.88. The summed E-state index contributed by atoms with van der Waals surface area (Å²) < 4.78 is 6.45. The normalized spacial score (nSPS) is 10.6. The van der Waals surface area contributed by atoms with Crippen molar-refractivity contribution in [1.29, 1.82) is 0 Å². The standard InChI is InChI=1S/C14H17BrN2O/c1-2-17(10-14-4-3-5-18-14)13-7-11(9-16)6-12(15)8-13/h3-8H,2,9-10,16H2,1H3. The summed E-state index contributed by atoms with van der Waals surface area (Å²) in [5.74, 6) is 0.964. The Morgan fingerprint density at radius 2 is 2.17 bits per heavy atom. The van der Waals surface area contributed by atoms with E-state index in [-0.39, 0.29) is 0 Å². The highest BCUT2D eigenvalue weighted by Crippen LogP contribution is 2.24. The second-order valence-electron chi connectivity index (χ2n) is 4.12. The van der Waals surface area contributed by atoms with Crippen LogP contribution < -0.4 is 10.6 Å². The van der Waals surface area contributed by atoms with Gasteiger partial charge < -0.3 is 15.1 Å². The van der Waals surface area contributed by atoms with Gasteiger partial charge >= 0.3 is 0 Å². The summed E-state index contributed by atoms with van der Waals surface area (Å²) >= 11 is 3.52. The van der Waals surface area contributed by atoms with Crippen molar-refractivity contribution in [2.75, 3.05) is 11.4 Å². The van der Waals surface area contributed by atoms with Gasteiger partial charge in [0.15, 0.2) is 0 Å². The van der Waals surface area contributed by atoms with E-state index in [2.05, 4.69) is 39.9 Å². The van der Waals surface area contributed by atoms with Gasteiger partial charge in [0.25, 0.3) is 0 Å². The Hall–Kier alpha value is -1.26. The number of nitrogens with two attached hydrogens (primary N) is 1. The Bertz CT molecular complexity index is 497. The minimum absolute atomic E-state index is 0.546. The lowest BCUT2D eigenvalue weighted by molar-refractivity contribution is 0.503. The van der Waals surface area contributed by atoms with Crippen molar-refractivity contribution in [3.8, 4) is 0 Å². The van der Waals surface area contributed by atoms with Crippen LogP contribution in [0.1, 0.15) is 18.2 Å². The largest absolute Gasteiger partial charge is 0.467 e. The second kappa shape index (κ2) is 6.07. The monoisotopic (exact) mass is 308 g/mol. The van der Waals surface area contributed by atoms with Crippen molar-refractivity contribution in [3.63, 3.8) is 0 Å². The molecule has 0 saturated heterocycles. The highest BCUT2D eigenvalue weighted by Gasteiger charge is 2.08. The summed E-state index contributed by atoms with van der Waals surface area (Å²) in [5.41, 5.74) is 7.99. The van der Waals surface area contributed by atoms with Crippen molar-refractivity contribution in [1.82, 2.24) is 0 Å². The van der Waals surface area contributed by atoms with E-state index < -0.39 is 0 Å². The molecule has 18 heavy (non-hydrogen) atoms. The Morgan fingerprint density at radius 1 is 1.33 bits per heavy atom. The maximum atomic E-state index is 5.71. The number of hydrogen-bond acceptors (Lipinski definition) is 3. The van der Waals surface area contributed by atoms with Gasteiger partial charge in [-0.25, -0.2) is 0 Å². The molecule has 0 atom stereocenters. The van der Waals surface area contributed by atoms with Crippen LogP contribution in [0.5, 0.6) is 0 Å². The van der Waals surface area contributed by atoms with Crippen LogP contribution in [0, 0.1) is 0 Å². The third-order valence-corrected chi connectivity index (χ3v) is 3.31. The molecule has 2 N–H and O–H groups in total. The number of nitrogens with zero attached hydrogens (tertiary/aromatic N) is 1. The van der Waals surface area contributed by atoms with Gasteiger partial charge in [0.05, 0.1) is 12.8 Å².